The average molecular weight is 399 g/mol. The van der Waals surface area contributed by atoms with Gasteiger partial charge in [0.15, 0.2) is 6.29 Å². The van der Waals surface area contributed by atoms with Crippen LogP contribution in [-0.2, 0) is 20.9 Å². The highest BCUT2D eigenvalue weighted by Gasteiger charge is 2.23. The van der Waals surface area contributed by atoms with E-state index in [1.54, 1.807) is 0 Å². The van der Waals surface area contributed by atoms with Crippen LogP contribution in [0, 0.1) is 0 Å². The molecular weight excluding hydrogens is 376 g/mol. The molecule has 0 radical (unpaired) electrons. The van der Waals surface area contributed by atoms with Gasteiger partial charge in [-0.2, -0.15) is 0 Å². The van der Waals surface area contributed by atoms with Crippen molar-refractivity contribution in [2.75, 3.05) is 19.8 Å². The fourth-order valence-corrected chi connectivity index (χ4v) is 3.78. The van der Waals surface area contributed by atoms with Crippen molar-refractivity contribution in [3.8, 4) is 0 Å². The van der Waals surface area contributed by atoms with Crippen molar-refractivity contribution in [3.63, 3.8) is 0 Å². The van der Waals surface area contributed by atoms with Crippen LogP contribution in [0.4, 0.5) is 0 Å². The van der Waals surface area contributed by atoms with E-state index in [1.807, 2.05) is 23.0 Å². The third kappa shape index (κ3) is 4.22. The Kier molecular flexibility index (Phi) is 5.22. The van der Waals surface area contributed by atoms with Crippen LogP contribution in [0.5, 0.6) is 0 Å². The maximum Gasteiger partial charge on any atom is 0.186 e. The maximum atomic E-state index is 5.87. The molecular formula is C16H23BrN2O3Si. The minimum Gasteiger partial charge on any atom is -0.361 e. The molecule has 5 nitrogen and oxygen atoms in total. The summed E-state index contributed by atoms with van der Waals surface area (Å²) in [5.74, 6) is 0. The Morgan fingerprint density at radius 2 is 2.04 bits per heavy atom. The molecule has 1 aliphatic heterocycles. The number of benzene rings is 1. The van der Waals surface area contributed by atoms with Crippen molar-refractivity contribution in [1.82, 2.24) is 9.55 Å². The lowest BCUT2D eigenvalue weighted by Gasteiger charge is -2.17. The Hall–Kier alpha value is -0.733. The van der Waals surface area contributed by atoms with Gasteiger partial charge in [0.05, 0.1) is 30.6 Å². The molecule has 1 fully saturated rings. The first-order valence-electron chi connectivity index (χ1n) is 7.89. The second-order valence-electron chi connectivity index (χ2n) is 7.00. The molecule has 23 heavy (non-hydrogen) atoms. The van der Waals surface area contributed by atoms with Crippen LogP contribution in [0.15, 0.2) is 22.9 Å². The van der Waals surface area contributed by atoms with E-state index in [9.17, 15) is 0 Å². The normalized spacial score (nSPS) is 16.5. The molecule has 2 aromatic rings. The predicted molar refractivity (Wildman–Crippen MR) is 96.2 cm³/mol. The number of imidazole rings is 1. The SMILES string of the molecule is C[Si](C)(C)CCOCn1cnc2cc(Br)cc(C3OCCO3)c21. The zero-order valence-corrected chi connectivity index (χ0v) is 16.4. The highest BCUT2D eigenvalue weighted by atomic mass is 79.9. The molecule has 0 aliphatic carbocycles. The zero-order valence-electron chi connectivity index (χ0n) is 13.8. The van der Waals surface area contributed by atoms with Gasteiger partial charge < -0.3 is 18.8 Å². The van der Waals surface area contributed by atoms with Gasteiger partial charge in [-0.05, 0) is 18.2 Å². The number of hydrogen-bond donors (Lipinski definition) is 0. The lowest BCUT2D eigenvalue weighted by atomic mass is 10.1. The minimum atomic E-state index is -1.07. The third-order valence-corrected chi connectivity index (χ3v) is 5.97. The highest BCUT2D eigenvalue weighted by molar-refractivity contribution is 9.10. The first kappa shape index (κ1) is 17.1. The second kappa shape index (κ2) is 7.02. The van der Waals surface area contributed by atoms with E-state index in [2.05, 4.69) is 40.6 Å². The smallest absolute Gasteiger partial charge is 0.186 e. The van der Waals surface area contributed by atoms with Gasteiger partial charge in [0.1, 0.15) is 6.73 Å². The number of fused-ring (bicyclic) bond motifs is 1. The largest absolute Gasteiger partial charge is 0.361 e. The Labute approximate surface area is 146 Å². The van der Waals surface area contributed by atoms with Crippen LogP contribution < -0.4 is 0 Å². The number of rotatable bonds is 6. The molecule has 0 bridgehead atoms. The third-order valence-electron chi connectivity index (χ3n) is 3.81. The van der Waals surface area contributed by atoms with Crippen molar-refractivity contribution >= 4 is 35.0 Å². The summed E-state index contributed by atoms with van der Waals surface area (Å²) in [6.07, 6.45) is 1.50. The number of nitrogens with zero attached hydrogens (tertiary/aromatic N) is 2. The Morgan fingerprint density at radius 1 is 1.30 bits per heavy atom. The summed E-state index contributed by atoms with van der Waals surface area (Å²) >= 11 is 3.54. The molecule has 0 spiro atoms. The number of ether oxygens (including phenoxy) is 3. The van der Waals surface area contributed by atoms with Crippen LogP contribution in [-0.4, -0.2) is 37.4 Å². The molecule has 2 heterocycles. The van der Waals surface area contributed by atoms with Crippen molar-refractivity contribution < 1.29 is 14.2 Å². The molecule has 1 aromatic heterocycles. The van der Waals surface area contributed by atoms with Crippen molar-refractivity contribution in [2.24, 2.45) is 0 Å². The monoisotopic (exact) mass is 398 g/mol. The fourth-order valence-electron chi connectivity index (χ4n) is 2.56. The zero-order chi connectivity index (χ0) is 16.4. The van der Waals surface area contributed by atoms with Crippen LogP contribution >= 0.6 is 15.9 Å². The van der Waals surface area contributed by atoms with Gasteiger partial charge in [-0.25, -0.2) is 4.98 Å². The van der Waals surface area contributed by atoms with Crippen molar-refractivity contribution in [1.29, 1.82) is 0 Å². The lowest BCUT2D eigenvalue weighted by molar-refractivity contribution is -0.0434. The summed E-state index contributed by atoms with van der Waals surface area (Å²) in [4.78, 5) is 4.49. The van der Waals surface area contributed by atoms with Gasteiger partial charge in [0.25, 0.3) is 0 Å². The van der Waals surface area contributed by atoms with Gasteiger partial charge in [-0.1, -0.05) is 35.6 Å². The average Bonchev–Trinajstić information content (AvgIpc) is 3.11. The molecule has 1 saturated heterocycles. The van der Waals surface area contributed by atoms with E-state index in [1.165, 1.54) is 0 Å². The summed E-state index contributed by atoms with van der Waals surface area (Å²) in [7, 11) is -1.07. The maximum absolute atomic E-state index is 5.87. The fraction of sp³-hybridized carbons (Fsp3) is 0.562. The molecule has 7 heteroatoms. The van der Waals surface area contributed by atoms with Gasteiger partial charge in [-0.3, -0.25) is 0 Å². The van der Waals surface area contributed by atoms with E-state index in [0.29, 0.717) is 19.9 Å². The van der Waals surface area contributed by atoms with E-state index in [0.717, 1.165) is 33.7 Å². The quantitative estimate of drug-likeness (QED) is 0.541. The topological polar surface area (TPSA) is 45.5 Å². The first-order chi connectivity index (χ1) is 10.9. The van der Waals surface area contributed by atoms with Gasteiger partial charge in [0, 0.05) is 24.7 Å². The van der Waals surface area contributed by atoms with Crippen LogP contribution in [0.3, 0.4) is 0 Å². The van der Waals surface area contributed by atoms with Gasteiger partial charge in [-0.15, -0.1) is 0 Å². The van der Waals surface area contributed by atoms with Crippen LogP contribution in [0.1, 0.15) is 11.9 Å². The highest BCUT2D eigenvalue weighted by Crippen LogP contribution is 2.32. The summed E-state index contributed by atoms with van der Waals surface area (Å²) in [6, 6.07) is 5.21. The first-order valence-corrected chi connectivity index (χ1v) is 12.4. The van der Waals surface area contributed by atoms with Gasteiger partial charge in [0.2, 0.25) is 0 Å². The second-order valence-corrected chi connectivity index (χ2v) is 13.5. The predicted octanol–water partition coefficient (Wildman–Crippen LogP) is 4.16. The summed E-state index contributed by atoms with van der Waals surface area (Å²) in [6.45, 7) is 9.60. The van der Waals surface area contributed by atoms with Crippen molar-refractivity contribution in [3.05, 3.63) is 28.5 Å². The van der Waals surface area contributed by atoms with Crippen LogP contribution in [0.25, 0.3) is 11.0 Å². The molecule has 1 aromatic carbocycles. The van der Waals surface area contributed by atoms with E-state index in [4.69, 9.17) is 14.2 Å². The number of aromatic nitrogens is 2. The Bertz CT molecular complexity index is 678. The molecule has 0 unspecified atom stereocenters. The molecule has 0 atom stereocenters. The van der Waals surface area contributed by atoms with Crippen molar-refractivity contribution in [2.45, 2.75) is 38.7 Å². The molecule has 3 rings (SSSR count). The molecule has 0 amide bonds. The number of halogens is 1. The molecule has 0 N–H and O–H groups in total. The Morgan fingerprint density at radius 3 is 2.74 bits per heavy atom. The van der Waals surface area contributed by atoms with E-state index in [-0.39, 0.29) is 6.29 Å². The Balaban J connectivity index is 1.80. The minimum absolute atomic E-state index is 0.326. The standard InChI is InChI=1S/C16H23BrN2O3Si/c1-23(2,3)7-6-20-11-19-10-18-14-9-12(17)8-13(15(14)19)16-21-4-5-22-16/h8-10,16H,4-7,11H2,1-3H3. The van der Waals surface area contributed by atoms with Crippen LogP contribution in [0.2, 0.25) is 25.7 Å². The summed E-state index contributed by atoms with van der Waals surface area (Å²) < 4.78 is 20.2. The molecule has 1 aliphatic rings. The molecule has 0 saturated carbocycles. The van der Waals surface area contributed by atoms with Gasteiger partial charge >= 0.3 is 0 Å². The van der Waals surface area contributed by atoms with E-state index < -0.39 is 8.07 Å². The number of hydrogen-bond acceptors (Lipinski definition) is 4. The summed E-state index contributed by atoms with van der Waals surface area (Å²) in [5, 5.41) is 0. The summed E-state index contributed by atoms with van der Waals surface area (Å²) in [5.41, 5.74) is 2.94. The molecule has 126 valence electrons. The lowest BCUT2D eigenvalue weighted by Crippen LogP contribution is -2.22. The van der Waals surface area contributed by atoms with E-state index >= 15 is 0 Å².